The Morgan fingerprint density at radius 3 is 1.81 bits per heavy atom. The van der Waals surface area contributed by atoms with Gasteiger partial charge in [-0.25, -0.2) is 0 Å². The fraction of sp³-hybridized carbons (Fsp3) is 0.0250. The van der Waals surface area contributed by atoms with Gasteiger partial charge in [0, 0.05) is 38.4 Å². The molecule has 0 amide bonds. The summed E-state index contributed by atoms with van der Waals surface area (Å²) in [6, 6.07) is 104. The van der Waals surface area contributed by atoms with Crippen molar-refractivity contribution in [3.8, 4) is 39.1 Å². The Labute approximate surface area is 481 Å². The summed E-state index contributed by atoms with van der Waals surface area (Å²) in [5, 5.41) is 4.74. The van der Waals surface area contributed by atoms with Crippen LogP contribution in [0, 0.1) is 0 Å². The smallest absolute Gasteiger partial charge is 0.143 e. The van der Waals surface area contributed by atoms with Crippen LogP contribution in [0.2, 0.25) is 0 Å². The first-order chi connectivity index (χ1) is 41.2. The van der Waals surface area contributed by atoms with Gasteiger partial charge < -0.3 is 13.9 Å². The lowest BCUT2D eigenvalue weighted by Crippen LogP contribution is -2.33. The maximum absolute atomic E-state index is 6.66. The van der Waals surface area contributed by atoms with E-state index >= 15 is 0 Å². The third-order valence-corrected chi connectivity index (χ3v) is 18.3. The molecule has 3 aliphatic rings. The van der Waals surface area contributed by atoms with E-state index in [0.29, 0.717) is 0 Å². The number of nitrogens with zero attached hydrogens (tertiary/aromatic N) is 2. The minimum atomic E-state index is -0.646. The zero-order chi connectivity index (χ0) is 54.8. The van der Waals surface area contributed by atoms with E-state index in [9.17, 15) is 0 Å². The highest BCUT2D eigenvalue weighted by Crippen LogP contribution is 2.63. The van der Waals surface area contributed by atoms with Crippen LogP contribution in [0.1, 0.15) is 50.1 Å². The summed E-state index contributed by atoms with van der Waals surface area (Å²) < 4.78 is 9.18. The molecule has 17 rings (SSSR count). The lowest BCUT2D eigenvalue weighted by atomic mass is 9.65. The van der Waals surface area contributed by atoms with Crippen molar-refractivity contribution < 1.29 is 4.42 Å². The number of hydrogen-bond donors (Lipinski definition) is 0. The van der Waals surface area contributed by atoms with Crippen molar-refractivity contribution >= 4 is 60.8 Å². The van der Waals surface area contributed by atoms with Crippen LogP contribution in [-0.2, 0) is 10.8 Å². The van der Waals surface area contributed by atoms with Gasteiger partial charge in [0.15, 0.2) is 0 Å². The lowest BCUT2D eigenvalue weighted by Gasteiger charge is -2.40. The largest absolute Gasteiger partial charge is 0.455 e. The van der Waals surface area contributed by atoms with Gasteiger partial charge >= 0.3 is 0 Å². The molecule has 1 atom stereocenters. The molecule has 0 saturated heterocycles. The molecule has 3 nitrogen and oxygen atoms in total. The van der Waals surface area contributed by atoms with Gasteiger partial charge in [0.25, 0.3) is 0 Å². The summed E-state index contributed by atoms with van der Waals surface area (Å²) in [5.41, 5.74) is 25.4. The van der Waals surface area contributed by atoms with E-state index < -0.39 is 10.8 Å². The molecule has 388 valence electrons. The monoisotopic (exact) mass is 1060 g/mol. The molecule has 0 saturated carbocycles. The Morgan fingerprint density at radius 2 is 1.01 bits per heavy atom. The van der Waals surface area contributed by atoms with Gasteiger partial charge in [0.05, 0.1) is 38.9 Å². The number of hydrogen-bond acceptors (Lipinski definition) is 2. The predicted molar refractivity (Wildman–Crippen MR) is 344 cm³/mol. The summed E-state index contributed by atoms with van der Waals surface area (Å²) in [5.74, 6) is 0. The molecular weight excluding hydrogens is 1000 g/mol. The topological polar surface area (TPSA) is 21.3 Å². The number of fused-ring (bicyclic) bond motifs is 18. The van der Waals surface area contributed by atoms with E-state index in [4.69, 9.17) is 4.42 Å². The van der Waals surface area contributed by atoms with Crippen LogP contribution in [0.15, 0.2) is 314 Å². The SMILES string of the molecule is C=C/C=C\C=C(\c1ccc2c(c1)C1(c3ccccc3-2)c2ccccc2-n2c3ccccc3c3cccc1c32)N(c1ccc(-c2cccc3c2oc2ccccc23)cc1)c1cccc2c1-c1ccccc1C2(c1ccccc1)c1ccccc1. The van der Waals surface area contributed by atoms with Crippen molar-refractivity contribution in [2.45, 2.75) is 10.8 Å². The highest BCUT2D eigenvalue weighted by molar-refractivity contribution is 6.13. The van der Waals surface area contributed by atoms with Crippen molar-refractivity contribution in [2.75, 3.05) is 4.90 Å². The maximum Gasteiger partial charge on any atom is 0.143 e. The minimum absolute atomic E-state index is 0.610. The molecule has 0 fully saturated rings. The molecule has 3 heteroatoms. The minimum Gasteiger partial charge on any atom is -0.455 e. The Kier molecular flexibility index (Phi) is 10.3. The maximum atomic E-state index is 6.66. The van der Waals surface area contributed by atoms with Gasteiger partial charge in [-0.3, -0.25) is 0 Å². The van der Waals surface area contributed by atoms with E-state index in [1.54, 1.807) is 0 Å². The highest BCUT2D eigenvalue weighted by atomic mass is 16.3. The third kappa shape index (κ3) is 6.45. The van der Waals surface area contributed by atoms with Gasteiger partial charge in [-0.05, 0) is 121 Å². The Morgan fingerprint density at radius 1 is 0.422 bits per heavy atom. The number of rotatable bonds is 9. The average molecular weight is 1060 g/mol. The first kappa shape index (κ1) is 47.1. The van der Waals surface area contributed by atoms with Crippen LogP contribution in [0.3, 0.4) is 0 Å². The molecular formula is C80H52N2O. The van der Waals surface area contributed by atoms with Crippen molar-refractivity contribution in [3.05, 3.63) is 360 Å². The second kappa shape index (κ2) is 18.1. The number of aromatic nitrogens is 1. The van der Waals surface area contributed by atoms with Gasteiger partial charge in [0.1, 0.15) is 11.2 Å². The highest BCUT2D eigenvalue weighted by Gasteiger charge is 2.52. The molecule has 2 aliphatic carbocycles. The first-order valence-electron chi connectivity index (χ1n) is 28.7. The standard InChI is InChI=1S/C80H52N2O/c1-2-3-6-40-71(53-47-50-59-58-28-11-15-35-65(58)80(70(59)51-53)67-37-17-19-42-73(67)82-72-41-18-13-29-60(72)62-33-22-39-69(80)77(62)82)81(56-48-45-52(46-49-56)57-32-21-34-63-61-30-14-20-44-75(61)83-78(57)63)74-43-23-38-68-76(74)64-31-12-16-36-66(64)79(68,54-24-7-4-8-25-54)55-26-9-5-10-27-55/h2-51H,1H2/b6-3-,71-40-. The van der Waals surface area contributed by atoms with Crippen molar-refractivity contribution in [2.24, 2.45) is 0 Å². The summed E-state index contributed by atoms with van der Waals surface area (Å²) in [6.07, 6.45) is 8.34. The summed E-state index contributed by atoms with van der Waals surface area (Å²) in [6.45, 7) is 4.17. The molecule has 3 heterocycles. The van der Waals surface area contributed by atoms with Crippen LogP contribution < -0.4 is 4.90 Å². The van der Waals surface area contributed by atoms with E-state index in [1.165, 1.54) is 94.3 Å². The molecule has 0 bridgehead atoms. The number of para-hydroxylation sites is 5. The van der Waals surface area contributed by atoms with E-state index in [0.717, 1.165) is 55.7 Å². The van der Waals surface area contributed by atoms with E-state index in [-0.39, 0.29) is 0 Å². The van der Waals surface area contributed by atoms with Crippen LogP contribution in [0.5, 0.6) is 0 Å². The average Bonchev–Trinajstić information content (AvgIpc) is 1.87. The quantitative estimate of drug-likeness (QED) is 0.134. The summed E-state index contributed by atoms with van der Waals surface area (Å²) in [4.78, 5) is 2.52. The lowest BCUT2D eigenvalue weighted by molar-refractivity contribution is 0.670. The van der Waals surface area contributed by atoms with Crippen molar-refractivity contribution in [3.63, 3.8) is 0 Å². The van der Waals surface area contributed by atoms with Gasteiger partial charge in [-0.2, -0.15) is 0 Å². The van der Waals surface area contributed by atoms with Gasteiger partial charge in [-0.15, -0.1) is 0 Å². The number of allylic oxidation sites excluding steroid dienone is 4. The molecule has 0 N–H and O–H groups in total. The van der Waals surface area contributed by atoms with E-state index in [2.05, 4.69) is 301 Å². The summed E-state index contributed by atoms with van der Waals surface area (Å²) >= 11 is 0. The zero-order valence-corrected chi connectivity index (χ0v) is 45.4. The second-order valence-electron chi connectivity index (χ2n) is 22.2. The fourth-order valence-electron chi connectivity index (χ4n) is 15.1. The van der Waals surface area contributed by atoms with E-state index in [1.807, 2.05) is 18.2 Å². The first-order valence-corrected chi connectivity index (χ1v) is 28.7. The number of anilines is 2. The Balaban J connectivity index is 0.947. The third-order valence-electron chi connectivity index (χ3n) is 18.3. The number of furan rings is 1. The molecule has 14 aromatic rings. The fourth-order valence-corrected chi connectivity index (χ4v) is 15.1. The molecule has 83 heavy (non-hydrogen) atoms. The Hall–Kier alpha value is -10.7. The van der Waals surface area contributed by atoms with Gasteiger partial charge in [0.2, 0.25) is 0 Å². The van der Waals surface area contributed by atoms with Crippen molar-refractivity contribution in [1.82, 2.24) is 4.57 Å². The van der Waals surface area contributed by atoms with Crippen LogP contribution in [0.4, 0.5) is 11.4 Å². The summed E-state index contributed by atoms with van der Waals surface area (Å²) in [7, 11) is 0. The van der Waals surface area contributed by atoms with Crippen LogP contribution >= 0.6 is 0 Å². The Bertz CT molecular complexity index is 5010. The van der Waals surface area contributed by atoms with Crippen LogP contribution in [0.25, 0.3) is 88.5 Å². The molecule has 0 radical (unpaired) electrons. The second-order valence-corrected chi connectivity index (χ2v) is 22.2. The molecule has 1 unspecified atom stereocenters. The number of benzene rings is 12. The normalized spacial score (nSPS) is 15.2. The van der Waals surface area contributed by atoms with Crippen molar-refractivity contribution in [1.29, 1.82) is 0 Å². The zero-order valence-electron chi connectivity index (χ0n) is 45.4. The van der Waals surface area contributed by atoms with Gasteiger partial charge in [-0.1, -0.05) is 261 Å². The molecule has 1 spiro atoms. The predicted octanol–water partition coefficient (Wildman–Crippen LogP) is 20.3. The molecule has 2 aromatic heterocycles. The van der Waals surface area contributed by atoms with Crippen LogP contribution in [-0.4, -0.2) is 4.57 Å². The molecule has 1 aliphatic heterocycles. The molecule has 12 aromatic carbocycles.